The van der Waals surface area contributed by atoms with E-state index in [4.69, 9.17) is 0 Å². The molecule has 108 valence electrons. The van der Waals surface area contributed by atoms with Gasteiger partial charge in [0.2, 0.25) is 0 Å². The van der Waals surface area contributed by atoms with Crippen molar-refractivity contribution in [3.63, 3.8) is 0 Å². The number of anilines is 1. The van der Waals surface area contributed by atoms with Crippen LogP contribution in [0.15, 0.2) is 40.3 Å². The number of H-pyrrole nitrogens is 2. The highest BCUT2D eigenvalue weighted by Crippen LogP contribution is 1.95. The van der Waals surface area contributed by atoms with E-state index in [9.17, 15) is 19.2 Å². The van der Waals surface area contributed by atoms with Crippen molar-refractivity contribution in [2.75, 3.05) is 5.32 Å². The van der Waals surface area contributed by atoms with Gasteiger partial charge < -0.3 is 15.6 Å². The van der Waals surface area contributed by atoms with E-state index >= 15 is 0 Å². The Morgan fingerprint density at radius 2 is 2.05 bits per heavy atom. The molecule has 0 aliphatic heterocycles. The molecular formula is C12H11N5O4. The summed E-state index contributed by atoms with van der Waals surface area (Å²) in [5.74, 6) is -1.93. The first-order valence-electron chi connectivity index (χ1n) is 5.86. The van der Waals surface area contributed by atoms with Crippen molar-refractivity contribution in [1.82, 2.24) is 20.3 Å². The smallest absolute Gasteiger partial charge is 0.325 e. The number of nitrogens with one attached hydrogen (secondary N) is 4. The Balaban J connectivity index is 1.95. The second-order valence-corrected chi connectivity index (χ2v) is 3.98. The predicted molar refractivity (Wildman–Crippen MR) is 72.4 cm³/mol. The van der Waals surface area contributed by atoms with Crippen molar-refractivity contribution >= 4 is 17.5 Å². The molecule has 2 aromatic rings. The van der Waals surface area contributed by atoms with E-state index in [-0.39, 0.29) is 12.2 Å². The minimum Gasteiger partial charge on any atom is -0.344 e. The first-order chi connectivity index (χ1) is 10.1. The van der Waals surface area contributed by atoms with E-state index in [2.05, 4.69) is 20.6 Å². The van der Waals surface area contributed by atoms with Gasteiger partial charge in [-0.3, -0.25) is 24.4 Å². The first-order valence-corrected chi connectivity index (χ1v) is 5.86. The Labute approximate surface area is 117 Å². The SMILES string of the molecule is O=C(NCc1cccnc1)C(=O)Nc1c[nH]c(=O)[nH]c1=O. The molecule has 9 nitrogen and oxygen atoms in total. The van der Waals surface area contributed by atoms with Gasteiger partial charge in [0, 0.05) is 25.1 Å². The molecule has 0 bridgehead atoms. The maximum absolute atomic E-state index is 11.6. The van der Waals surface area contributed by atoms with Gasteiger partial charge in [0.1, 0.15) is 5.69 Å². The number of carbonyl (C=O) groups excluding carboxylic acids is 2. The molecule has 2 heterocycles. The third-order valence-corrected chi connectivity index (χ3v) is 2.45. The number of aromatic nitrogens is 3. The van der Waals surface area contributed by atoms with Gasteiger partial charge in [-0.05, 0) is 11.6 Å². The molecule has 0 unspecified atom stereocenters. The summed E-state index contributed by atoms with van der Waals surface area (Å²) in [6.45, 7) is 0.127. The normalized spacial score (nSPS) is 9.90. The molecule has 0 aliphatic carbocycles. The van der Waals surface area contributed by atoms with Crippen molar-refractivity contribution in [3.8, 4) is 0 Å². The lowest BCUT2D eigenvalue weighted by Gasteiger charge is -2.05. The van der Waals surface area contributed by atoms with Crippen molar-refractivity contribution in [2.24, 2.45) is 0 Å². The van der Waals surface area contributed by atoms with E-state index in [1.807, 2.05) is 4.98 Å². The Morgan fingerprint density at radius 1 is 1.24 bits per heavy atom. The molecule has 0 saturated carbocycles. The summed E-state index contributed by atoms with van der Waals surface area (Å²) in [4.78, 5) is 53.3. The highest BCUT2D eigenvalue weighted by Gasteiger charge is 2.15. The summed E-state index contributed by atoms with van der Waals surface area (Å²) in [5.41, 5.74) is -1.01. The van der Waals surface area contributed by atoms with Gasteiger partial charge in [-0.15, -0.1) is 0 Å². The Morgan fingerprint density at radius 3 is 2.71 bits per heavy atom. The zero-order valence-electron chi connectivity index (χ0n) is 10.7. The molecule has 0 radical (unpaired) electrons. The molecular weight excluding hydrogens is 278 g/mol. The highest BCUT2D eigenvalue weighted by molar-refractivity contribution is 6.39. The molecule has 2 aromatic heterocycles. The molecule has 0 atom stereocenters. The predicted octanol–water partition coefficient (Wildman–Crippen LogP) is -1.29. The zero-order valence-corrected chi connectivity index (χ0v) is 10.7. The van der Waals surface area contributed by atoms with E-state index < -0.39 is 23.1 Å². The topological polar surface area (TPSA) is 137 Å². The first kappa shape index (κ1) is 14.2. The van der Waals surface area contributed by atoms with Crippen LogP contribution in [0.25, 0.3) is 0 Å². The lowest BCUT2D eigenvalue weighted by atomic mass is 10.3. The maximum atomic E-state index is 11.6. The monoisotopic (exact) mass is 289 g/mol. The van der Waals surface area contributed by atoms with Crippen LogP contribution in [0.5, 0.6) is 0 Å². The number of rotatable bonds is 3. The summed E-state index contributed by atoms with van der Waals surface area (Å²) in [5, 5.41) is 4.47. The lowest BCUT2D eigenvalue weighted by molar-refractivity contribution is -0.136. The largest absolute Gasteiger partial charge is 0.344 e. The van der Waals surface area contributed by atoms with Crippen molar-refractivity contribution in [3.05, 3.63) is 57.1 Å². The summed E-state index contributed by atoms with van der Waals surface area (Å²) in [6, 6.07) is 3.43. The summed E-state index contributed by atoms with van der Waals surface area (Å²) in [6.07, 6.45) is 4.14. The summed E-state index contributed by atoms with van der Waals surface area (Å²) in [7, 11) is 0. The fraction of sp³-hybridized carbons (Fsp3) is 0.0833. The van der Waals surface area contributed by atoms with Crippen LogP contribution in [-0.4, -0.2) is 26.8 Å². The number of nitrogens with zero attached hydrogens (tertiary/aromatic N) is 1. The minimum absolute atomic E-state index is 0.127. The number of hydrogen-bond donors (Lipinski definition) is 4. The summed E-state index contributed by atoms with van der Waals surface area (Å²) < 4.78 is 0. The summed E-state index contributed by atoms with van der Waals surface area (Å²) >= 11 is 0. The van der Waals surface area contributed by atoms with Crippen LogP contribution >= 0.6 is 0 Å². The Bertz CT molecular complexity index is 765. The van der Waals surface area contributed by atoms with E-state index in [0.717, 1.165) is 11.8 Å². The quantitative estimate of drug-likeness (QED) is 0.521. The van der Waals surface area contributed by atoms with E-state index in [1.54, 1.807) is 24.5 Å². The van der Waals surface area contributed by atoms with Gasteiger partial charge in [0.25, 0.3) is 5.56 Å². The molecule has 0 saturated heterocycles. The number of aromatic amines is 2. The molecule has 9 heteroatoms. The van der Waals surface area contributed by atoms with Gasteiger partial charge >= 0.3 is 17.5 Å². The van der Waals surface area contributed by atoms with Crippen molar-refractivity contribution < 1.29 is 9.59 Å². The van der Waals surface area contributed by atoms with Crippen LogP contribution in [0.3, 0.4) is 0 Å². The fourth-order valence-electron chi connectivity index (χ4n) is 1.45. The average Bonchev–Trinajstić information content (AvgIpc) is 2.48. The third kappa shape index (κ3) is 3.86. The average molecular weight is 289 g/mol. The molecule has 4 N–H and O–H groups in total. The second-order valence-electron chi connectivity index (χ2n) is 3.98. The Kier molecular flexibility index (Phi) is 4.24. The molecule has 0 aromatic carbocycles. The number of carbonyl (C=O) groups is 2. The number of amides is 2. The van der Waals surface area contributed by atoms with Gasteiger partial charge in [-0.2, -0.15) is 0 Å². The van der Waals surface area contributed by atoms with E-state index in [0.29, 0.717) is 0 Å². The van der Waals surface area contributed by atoms with Gasteiger partial charge in [0.15, 0.2) is 0 Å². The van der Waals surface area contributed by atoms with Crippen molar-refractivity contribution in [1.29, 1.82) is 0 Å². The molecule has 2 rings (SSSR count). The Hall–Kier alpha value is -3.23. The van der Waals surface area contributed by atoms with E-state index in [1.165, 1.54) is 0 Å². The van der Waals surface area contributed by atoms with Gasteiger partial charge in [0.05, 0.1) is 0 Å². The molecule has 0 aliphatic rings. The maximum Gasteiger partial charge on any atom is 0.325 e. The fourth-order valence-corrected chi connectivity index (χ4v) is 1.45. The number of pyridine rings is 1. The van der Waals surface area contributed by atoms with Crippen LogP contribution in [0.2, 0.25) is 0 Å². The molecule has 0 spiro atoms. The lowest BCUT2D eigenvalue weighted by Crippen LogP contribution is -2.37. The third-order valence-electron chi connectivity index (χ3n) is 2.45. The minimum atomic E-state index is -1.02. The second kappa shape index (κ2) is 6.28. The molecule has 2 amide bonds. The van der Waals surface area contributed by atoms with Crippen LogP contribution in [0, 0.1) is 0 Å². The van der Waals surface area contributed by atoms with Gasteiger partial charge in [-0.1, -0.05) is 6.07 Å². The van der Waals surface area contributed by atoms with Crippen LogP contribution in [0.1, 0.15) is 5.56 Å². The standard InChI is InChI=1S/C12H11N5O4/c18-9-8(6-15-12(21)17-9)16-11(20)10(19)14-5-7-2-1-3-13-4-7/h1-4,6H,5H2,(H,14,19)(H,16,20)(H2,15,17,18,21). The molecule has 0 fully saturated rings. The van der Waals surface area contributed by atoms with Crippen LogP contribution in [0.4, 0.5) is 5.69 Å². The molecule has 21 heavy (non-hydrogen) atoms. The number of hydrogen-bond acceptors (Lipinski definition) is 5. The van der Waals surface area contributed by atoms with Crippen LogP contribution in [-0.2, 0) is 16.1 Å². The van der Waals surface area contributed by atoms with Crippen LogP contribution < -0.4 is 21.9 Å². The zero-order chi connectivity index (χ0) is 15.2. The van der Waals surface area contributed by atoms with Gasteiger partial charge in [-0.25, -0.2) is 4.79 Å². The highest BCUT2D eigenvalue weighted by atomic mass is 16.2. The van der Waals surface area contributed by atoms with Crippen molar-refractivity contribution in [2.45, 2.75) is 6.54 Å².